The molecule has 3 aromatic rings. The van der Waals surface area contributed by atoms with Gasteiger partial charge in [-0.2, -0.15) is 9.78 Å². The number of likely N-dealkylation sites (N-methyl/N-ethyl adjacent to an activating group) is 1. The van der Waals surface area contributed by atoms with Crippen LogP contribution in [0.25, 0.3) is 22.6 Å². The summed E-state index contributed by atoms with van der Waals surface area (Å²) >= 11 is 0. The molecule has 5 rings (SSSR count). The molecule has 10 heteroatoms. The van der Waals surface area contributed by atoms with E-state index in [1.54, 1.807) is 11.0 Å². The molecule has 1 fully saturated rings. The van der Waals surface area contributed by atoms with Crippen molar-refractivity contribution >= 4 is 34.6 Å². The number of H-pyrrole nitrogens is 1. The second-order valence-corrected chi connectivity index (χ2v) is 8.86. The van der Waals surface area contributed by atoms with Gasteiger partial charge in [0.05, 0.1) is 27.8 Å². The summed E-state index contributed by atoms with van der Waals surface area (Å²) in [5.74, 6) is -0.479. The zero-order valence-corrected chi connectivity index (χ0v) is 18.8. The lowest BCUT2D eigenvalue weighted by Crippen LogP contribution is -2.39. The lowest BCUT2D eigenvalue weighted by atomic mass is 9.77. The highest BCUT2D eigenvalue weighted by Gasteiger charge is 2.55. The smallest absolute Gasteiger partial charge is 0.339 e. The van der Waals surface area contributed by atoms with Gasteiger partial charge in [0.2, 0.25) is 5.91 Å². The summed E-state index contributed by atoms with van der Waals surface area (Å²) in [7, 11) is 0. The molecular formula is C23H26N6O4. The fourth-order valence-electron chi connectivity index (χ4n) is 5.21. The first kappa shape index (κ1) is 21.2. The largest absolute Gasteiger partial charge is 0.481 e. The summed E-state index contributed by atoms with van der Waals surface area (Å²) < 4.78 is 0.959. The third-order valence-electron chi connectivity index (χ3n) is 7.39. The third kappa shape index (κ3) is 2.69. The molecule has 10 nitrogen and oxygen atoms in total. The number of anilines is 1. The first-order chi connectivity index (χ1) is 15.7. The maximum Gasteiger partial charge on any atom is 0.339 e. The molecule has 0 spiro atoms. The standard InChI is InChI=1S/C23H26N6O4/c1-4-22(5-2)12-9-13-14(10-16(12)28(6-3)19(22)30)26-18(25-13)15-11-17(29(27-15)21(24)33)23(7-8-23)20(31)32/h9-11H,4-8H2,1-3H3,(H2,24,33)(H,25,26)(H,31,32). The predicted molar refractivity (Wildman–Crippen MR) is 121 cm³/mol. The van der Waals surface area contributed by atoms with Crippen molar-refractivity contribution in [3.63, 3.8) is 0 Å². The summed E-state index contributed by atoms with van der Waals surface area (Å²) in [5.41, 5.74) is 7.62. The van der Waals surface area contributed by atoms with E-state index in [1.165, 1.54) is 0 Å². The van der Waals surface area contributed by atoms with Gasteiger partial charge in [0, 0.05) is 6.54 Å². The molecule has 2 aromatic heterocycles. The Hall–Kier alpha value is -3.69. The van der Waals surface area contributed by atoms with Gasteiger partial charge in [-0.05, 0) is 56.4 Å². The number of carbonyl (C=O) groups excluding carboxylic acids is 2. The number of hydrogen-bond donors (Lipinski definition) is 3. The minimum Gasteiger partial charge on any atom is -0.481 e. The number of imidazole rings is 1. The maximum absolute atomic E-state index is 13.2. The number of amides is 2. The molecule has 172 valence electrons. The molecular weight excluding hydrogens is 424 g/mol. The Morgan fingerprint density at radius 2 is 1.88 bits per heavy atom. The minimum absolute atomic E-state index is 0.117. The molecule has 1 saturated carbocycles. The van der Waals surface area contributed by atoms with Gasteiger partial charge < -0.3 is 20.7 Å². The first-order valence-corrected chi connectivity index (χ1v) is 11.2. The van der Waals surface area contributed by atoms with Crippen molar-refractivity contribution in [1.29, 1.82) is 0 Å². The number of carboxylic acids is 1. The van der Waals surface area contributed by atoms with E-state index in [4.69, 9.17) is 5.73 Å². The quantitative estimate of drug-likeness (QED) is 0.526. The number of carbonyl (C=O) groups is 3. The average Bonchev–Trinajstić information content (AvgIpc) is 3.21. The highest BCUT2D eigenvalue weighted by Crippen LogP contribution is 2.50. The molecule has 2 aliphatic rings. The molecule has 1 aliphatic carbocycles. The number of nitrogens with one attached hydrogen (secondary N) is 1. The number of primary amides is 1. The molecule has 0 bridgehead atoms. The Labute approximate surface area is 189 Å². The number of carboxylic acid groups (broad SMARTS) is 1. The minimum atomic E-state index is -1.14. The van der Waals surface area contributed by atoms with E-state index in [2.05, 4.69) is 15.1 Å². The molecule has 0 saturated heterocycles. The van der Waals surface area contributed by atoms with Crippen molar-refractivity contribution in [2.75, 3.05) is 11.4 Å². The van der Waals surface area contributed by atoms with Crippen LogP contribution in [-0.2, 0) is 20.4 Å². The van der Waals surface area contributed by atoms with E-state index in [9.17, 15) is 19.5 Å². The molecule has 0 atom stereocenters. The van der Waals surface area contributed by atoms with E-state index in [0.717, 1.165) is 21.4 Å². The fraction of sp³-hybridized carbons (Fsp3) is 0.435. The van der Waals surface area contributed by atoms with Gasteiger partial charge >= 0.3 is 12.0 Å². The molecule has 0 unspecified atom stereocenters. The molecule has 3 heterocycles. The van der Waals surface area contributed by atoms with Crippen LogP contribution in [0.3, 0.4) is 0 Å². The summed E-state index contributed by atoms with van der Waals surface area (Å²) in [6.07, 6.45) is 2.24. The van der Waals surface area contributed by atoms with Crippen LogP contribution >= 0.6 is 0 Å². The number of aromatic amines is 1. The van der Waals surface area contributed by atoms with Crippen LogP contribution in [0.2, 0.25) is 0 Å². The van der Waals surface area contributed by atoms with Crippen molar-refractivity contribution in [3.05, 3.63) is 29.5 Å². The van der Waals surface area contributed by atoms with Crippen LogP contribution < -0.4 is 10.6 Å². The number of nitrogens with two attached hydrogens (primary N) is 1. The highest BCUT2D eigenvalue weighted by atomic mass is 16.4. The van der Waals surface area contributed by atoms with Gasteiger partial charge in [-0.1, -0.05) is 13.8 Å². The number of hydrogen-bond acceptors (Lipinski definition) is 5. The molecule has 1 aromatic carbocycles. The Balaban J connectivity index is 1.65. The number of fused-ring (bicyclic) bond motifs is 2. The molecule has 0 radical (unpaired) electrons. The Bertz CT molecular complexity index is 1330. The van der Waals surface area contributed by atoms with E-state index < -0.39 is 22.8 Å². The van der Waals surface area contributed by atoms with Crippen molar-refractivity contribution in [1.82, 2.24) is 19.7 Å². The van der Waals surface area contributed by atoms with Crippen LogP contribution in [0.4, 0.5) is 10.5 Å². The van der Waals surface area contributed by atoms with Crippen molar-refractivity contribution in [2.45, 2.75) is 57.3 Å². The summed E-state index contributed by atoms with van der Waals surface area (Å²) in [6, 6.07) is 4.62. The second-order valence-electron chi connectivity index (χ2n) is 8.86. The lowest BCUT2D eigenvalue weighted by Gasteiger charge is -2.25. The molecule has 4 N–H and O–H groups in total. The Kier molecular flexibility index (Phi) is 4.43. The maximum atomic E-state index is 13.2. The van der Waals surface area contributed by atoms with Gasteiger partial charge in [-0.15, -0.1) is 0 Å². The van der Waals surface area contributed by atoms with Crippen molar-refractivity contribution < 1.29 is 19.5 Å². The van der Waals surface area contributed by atoms with E-state index in [-0.39, 0.29) is 11.6 Å². The van der Waals surface area contributed by atoms with Gasteiger partial charge in [0.1, 0.15) is 11.1 Å². The number of aliphatic carboxylic acids is 1. The number of benzene rings is 1. The van der Waals surface area contributed by atoms with Crippen LogP contribution in [0.1, 0.15) is 57.7 Å². The van der Waals surface area contributed by atoms with Crippen molar-refractivity contribution in [2.24, 2.45) is 5.73 Å². The zero-order valence-electron chi connectivity index (χ0n) is 18.8. The zero-order chi connectivity index (χ0) is 23.7. The normalized spacial score (nSPS) is 18.0. The lowest BCUT2D eigenvalue weighted by molar-refractivity contribution is -0.140. The number of aromatic nitrogens is 4. The van der Waals surface area contributed by atoms with E-state index >= 15 is 0 Å². The third-order valence-corrected chi connectivity index (χ3v) is 7.39. The Morgan fingerprint density at radius 1 is 1.18 bits per heavy atom. The van der Waals surface area contributed by atoms with Gasteiger partial charge in [0.25, 0.3) is 0 Å². The molecule has 33 heavy (non-hydrogen) atoms. The molecule has 1 aliphatic heterocycles. The van der Waals surface area contributed by atoms with Gasteiger partial charge in [0.15, 0.2) is 5.82 Å². The molecule has 2 amide bonds. The van der Waals surface area contributed by atoms with Crippen LogP contribution in [-0.4, -0.2) is 49.3 Å². The SMILES string of the molecule is CCN1C(=O)C(CC)(CC)c2cc3[nH]c(-c4cc(C5(C(=O)O)CC5)n(C(N)=O)n4)nc3cc21. The summed E-state index contributed by atoms with van der Waals surface area (Å²) in [4.78, 5) is 46.7. The van der Waals surface area contributed by atoms with E-state index in [1.807, 2.05) is 32.9 Å². The average molecular weight is 450 g/mol. The number of rotatable bonds is 6. The fourth-order valence-corrected chi connectivity index (χ4v) is 5.21. The first-order valence-electron chi connectivity index (χ1n) is 11.2. The predicted octanol–water partition coefficient (Wildman–Crippen LogP) is 2.89. The Morgan fingerprint density at radius 3 is 2.42 bits per heavy atom. The van der Waals surface area contributed by atoms with Crippen molar-refractivity contribution in [3.8, 4) is 11.5 Å². The summed E-state index contributed by atoms with van der Waals surface area (Å²) in [5, 5.41) is 13.9. The van der Waals surface area contributed by atoms with Gasteiger partial charge in [-0.25, -0.2) is 9.78 Å². The van der Waals surface area contributed by atoms with Gasteiger partial charge in [-0.3, -0.25) is 9.59 Å². The highest BCUT2D eigenvalue weighted by molar-refractivity contribution is 6.10. The monoisotopic (exact) mass is 450 g/mol. The number of nitrogens with zero attached hydrogens (tertiary/aromatic N) is 4. The van der Waals surface area contributed by atoms with Crippen LogP contribution in [0.5, 0.6) is 0 Å². The second kappa shape index (κ2) is 6.90. The van der Waals surface area contributed by atoms with Crippen LogP contribution in [0, 0.1) is 0 Å². The summed E-state index contributed by atoms with van der Waals surface area (Å²) in [6.45, 7) is 6.58. The topological polar surface area (TPSA) is 147 Å². The van der Waals surface area contributed by atoms with Crippen LogP contribution in [0.15, 0.2) is 18.2 Å². The van der Waals surface area contributed by atoms with E-state index in [0.29, 0.717) is 49.3 Å².